The number of methoxy groups -OCH3 is 2. The number of carbonyl (C=O) groups excluding carboxylic acids is 5. The first kappa shape index (κ1) is 27.2. The van der Waals surface area contributed by atoms with Crippen molar-refractivity contribution in [3.8, 4) is 0 Å². The molecule has 4 atom stereocenters. The fourth-order valence-electron chi connectivity index (χ4n) is 4.32. The van der Waals surface area contributed by atoms with E-state index in [4.69, 9.17) is 32.7 Å². The van der Waals surface area contributed by atoms with Crippen molar-refractivity contribution in [3.05, 3.63) is 57.6 Å². The summed E-state index contributed by atoms with van der Waals surface area (Å²) in [4.78, 5) is 63.0. The van der Waals surface area contributed by atoms with Crippen molar-refractivity contribution in [2.24, 2.45) is 11.8 Å². The van der Waals surface area contributed by atoms with Crippen LogP contribution in [0.25, 0.3) is 0 Å². The van der Waals surface area contributed by atoms with Gasteiger partial charge in [0, 0.05) is 17.1 Å². The molecule has 4 unspecified atom stereocenters. The lowest BCUT2D eigenvalue weighted by Crippen LogP contribution is -2.72. The second-order valence-electron chi connectivity index (χ2n) is 8.53. The Morgan fingerprint density at radius 1 is 0.947 bits per heavy atom. The Kier molecular flexibility index (Phi) is 8.05. The summed E-state index contributed by atoms with van der Waals surface area (Å²) in [5.74, 6) is -5.10. The lowest BCUT2D eigenvalue weighted by Gasteiger charge is -2.43. The fourth-order valence-corrected chi connectivity index (χ4v) is 4.79. The molecule has 200 valence electrons. The van der Waals surface area contributed by atoms with Gasteiger partial charge in [-0.3, -0.25) is 19.7 Å². The largest absolute Gasteiger partial charge is 0.465 e. The minimum atomic E-state index is -1.07. The predicted octanol–water partition coefficient (Wildman–Crippen LogP) is 1.70. The number of hydrogen-bond donors (Lipinski definition) is 5. The van der Waals surface area contributed by atoms with Crippen molar-refractivity contribution in [2.45, 2.75) is 18.9 Å². The highest BCUT2D eigenvalue weighted by atomic mass is 35.5. The van der Waals surface area contributed by atoms with Gasteiger partial charge in [0.2, 0.25) is 17.7 Å². The van der Waals surface area contributed by atoms with Crippen molar-refractivity contribution in [1.82, 2.24) is 16.0 Å². The second-order valence-corrected chi connectivity index (χ2v) is 9.37. The number of amides is 3. The van der Waals surface area contributed by atoms with Crippen LogP contribution in [-0.4, -0.2) is 56.3 Å². The normalized spacial score (nSPS) is 22.3. The Morgan fingerprint density at radius 2 is 1.61 bits per heavy atom. The van der Waals surface area contributed by atoms with E-state index in [2.05, 4.69) is 26.6 Å². The molecule has 4 rings (SSSR count). The van der Waals surface area contributed by atoms with Crippen LogP contribution >= 0.6 is 23.2 Å². The van der Waals surface area contributed by atoms with Gasteiger partial charge < -0.3 is 30.7 Å². The molecule has 14 heteroatoms. The first-order valence-corrected chi connectivity index (χ1v) is 12.0. The number of piperidine rings is 1. The number of ether oxygens (including phenoxy) is 2. The molecule has 0 spiro atoms. The van der Waals surface area contributed by atoms with Crippen LogP contribution in [0, 0.1) is 11.8 Å². The summed E-state index contributed by atoms with van der Waals surface area (Å²) < 4.78 is 9.41. The Morgan fingerprint density at radius 3 is 2.21 bits per heavy atom. The number of rotatable bonds is 6. The van der Waals surface area contributed by atoms with E-state index in [1.165, 1.54) is 38.5 Å². The van der Waals surface area contributed by atoms with Gasteiger partial charge in [0.25, 0.3) is 0 Å². The molecule has 5 N–H and O–H groups in total. The van der Waals surface area contributed by atoms with Crippen molar-refractivity contribution < 1.29 is 33.4 Å². The monoisotopic (exact) mass is 563 g/mol. The van der Waals surface area contributed by atoms with Gasteiger partial charge in [0.1, 0.15) is 0 Å². The number of carbonyl (C=O) groups is 5. The molecule has 2 saturated heterocycles. The molecule has 2 heterocycles. The summed E-state index contributed by atoms with van der Waals surface area (Å²) in [5, 5.41) is 14.8. The molecule has 0 aromatic heterocycles. The van der Waals surface area contributed by atoms with Crippen molar-refractivity contribution in [3.63, 3.8) is 0 Å². The van der Waals surface area contributed by atoms with Crippen LogP contribution in [0.1, 0.15) is 27.1 Å². The minimum absolute atomic E-state index is 0.00295. The van der Waals surface area contributed by atoms with Crippen LogP contribution in [0.3, 0.4) is 0 Å². The molecule has 2 aliphatic heterocycles. The van der Waals surface area contributed by atoms with E-state index >= 15 is 0 Å². The fraction of sp³-hybridized carbons (Fsp3) is 0.292. The number of benzene rings is 2. The summed E-state index contributed by atoms with van der Waals surface area (Å²) in [5.41, 5.74) is 0.561. The Bertz CT molecular complexity index is 1290. The first-order valence-electron chi connectivity index (χ1n) is 11.3. The number of nitrogens with one attached hydrogen (secondary N) is 5. The van der Waals surface area contributed by atoms with Crippen LogP contribution in [0.2, 0.25) is 10.0 Å². The average Bonchev–Trinajstić information content (AvgIpc) is 2.88. The third kappa shape index (κ3) is 5.82. The zero-order chi connectivity index (χ0) is 27.6. The van der Waals surface area contributed by atoms with E-state index in [9.17, 15) is 24.0 Å². The molecular weight excluding hydrogens is 541 g/mol. The lowest BCUT2D eigenvalue weighted by atomic mass is 9.81. The van der Waals surface area contributed by atoms with Gasteiger partial charge in [-0.05, 0) is 36.4 Å². The highest BCUT2D eigenvalue weighted by Gasteiger charge is 2.48. The van der Waals surface area contributed by atoms with E-state index in [0.29, 0.717) is 15.7 Å². The maximum atomic E-state index is 13.3. The Hall–Kier alpha value is -3.87. The molecule has 0 saturated carbocycles. The molecule has 12 nitrogen and oxygen atoms in total. The van der Waals surface area contributed by atoms with Crippen LogP contribution < -0.4 is 26.6 Å². The topological polar surface area (TPSA) is 164 Å². The summed E-state index contributed by atoms with van der Waals surface area (Å²) in [6.07, 6.45) is -1.95. The van der Waals surface area contributed by atoms with E-state index in [1.807, 2.05) is 0 Å². The highest BCUT2D eigenvalue weighted by molar-refractivity contribution is 6.36. The molecular formula is C24H23Cl2N5O7. The number of halogens is 2. The molecule has 2 aromatic rings. The molecule has 2 aromatic carbocycles. The lowest BCUT2D eigenvalue weighted by molar-refractivity contribution is -0.144. The van der Waals surface area contributed by atoms with Gasteiger partial charge in [-0.2, -0.15) is 0 Å². The Labute approximate surface area is 226 Å². The maximum absolute atomic E-state index is 13.3. The molecule has 2 aliphatic rings. The van der Waals surface area contributed by atoms with Gasteiger partial charge in [-0.1, -0.05) is 23.2 Å². The van der Waals surface area contributed by atoms with Crippen molar-refractivity contribution in [1.29, 1.82) is 0 Å². The standard InChI is InChI=1S/C24H23Cl2N5O7/c1-37-22(35)10-5-11(23(36)38-2)7-13(6-10)27-20(33)14-9-17(32)29-19-18(14)21(34)31-24(30-19)28-16-4-3-12(25)8-15(16)26/h3-8,14,18-19,24,28,30H,9H2,1-2H3,(H,27,33)(H,29,32)(H,31,34). The average molecular weight is 564 g/mol. The summed E-state index contributed by atoms with van der Waals surface area (Å²) >= 11 is 12.1. The van der Waals surface area contributed by atoms with Gasteiger partial charge in [0.15, 0.2) is 6.29 Å². The summed E-state index contributed by atoms with van der Waals surface area (Å²) in [7, 11) is 2.34. The maximum Gasteiger partial charge on any atom is 0.337 e. The second kappa shape index (κ2) is 11.3. The SMILES string of the molecule is COC(=O)c1cc(NC(=O)C2CC(=O)NC3NC(Nc4ccc(Cl)cc4Cl)NC(=O)C32)cc(C(=O)OC)c1. The van der Waals surface area contributed by atoms with Gasteiger partial charge in [0.05, 0.1) is 54.1 Å². The van der Waals surface area contributed by atoms with E-state index in [-0.39, 0.29) is 23.2 Å². The minimum Gasteiger partial charge on any atom is -0.465 e. The smallest absolute Gasteiger partial charge is 0.337 e. The van der Waals surface area contributed by atoms with Gasteiger partial charge >= 0.3 is 11.9 Å². The molecule has 38 heavy (non-hydrogen) atoms. The van der Waals surface area contributed by atoms with Crippen molar-refractivity contribution in [2.75, 3.05) is 24.9 Å². The van der Waals surface area contributed by atoms with E-state index < -0.39 is 54.0 Å². The third-order valence-corrected chi connectivity index (χ3v) is 6.61. The molecule has 0 aliphatic carbocycles. The van der Waals surface area contributed by atoms with Crippen LogP contribution in [0.5, 0.6) is 0 Å². The van der Waals surface area contributed by atoms with Gasteiger partial charge in [-0.25, -0.2) is 9.59 Å². The third-order valence-electron chi connectivity index (χ3n) is 6.06. The highest BCUT2D eigenvalue weighted by Crippen LogP contribution is 2.30. The quantitative estimate of drug-likeness (QED) is 0.329. The molecule has 0 bridgehead atoms. The molecule has 0 radical (unpaired) electrons. The summed E-state index contributed by atoms with van der Waals surface area (Å²) in [6, 6.07) is 8.66. The molecule has 3 amide bonds. The number of anilines is 2. The zero-order valence-electron chi connectivity index (χ0n) is 20.1. The number of hydrogen-bond acceptors (Lipinski definition) is 9. The summed E-state index contributed by atoms with van der Waals surface area (Å²) in [6.45, 7) is 0. The van der Waals surface area contributed by atoms with Crippen molar-refractivity contribution >= 4 is 64.2 Å². The van der Waals surface area contributed by atoms with Crippen LogP contribution in [0.4, 0.5) is 11.4 Å². The van der Waals surface area contributed by atoms with Crippen LogP contribution in [0.15, 0.2) is 36.4 Å². The Balaban J connectivity index is 1.53. The number of esters is 2. The van der Waals surface area contributed by atoms with E-state index in [1.54, 1.807) is 12.1 Å². The molecule has 2 fully saturated rings. The first-order chi connectivity index (χ1) is 18.1. The number of fused-ring (bicyclic) bond motifs is 1. The zero-order valence-corrected chi connectivity index (χ0v) is 21.6. The van der Waals surface area contributed by atoms with E-state index in [0.717, 1.165) is 0 Å². The van der Waals surface area contributed by atoms with Gasteiger partial charge in [-0.15, -0.1) is 0 Å². The van der Waals surface area contributed by atoms with Crippen LogP contribution in [-0.2, 0) is 23.9 Å². The predicted molar refractivity (Wildman–Crippen MR) is 136 cm³/mol.